The average Bonchev–Trinajstić information content (AvgIpc) is 3.24. The van der Waals surface area contributed by atoms with E-state index < -0.39 is 18.2 Å². The predicted octanol–water partition coefficient (Wildman–Crippen LogP) is 14.3. The smallest absolute Gasteiger partial charge is 0.306 e. The van der Waals surface area contributed by atoms with E-state index in [0.717, 1.165) is 83.5 Å². The number of nitrogens with one attached hydrogen (secondary N) is 1. The van der Waals surface area contributed by atoms with Gasteiger partial charge in [0.25, 0.3) is 0 Å². The summed E-state index contributed by atoms with van der Waals surface area (Å²) in [5.74, 6) is -0.656. The third-order valence-corrected chi connectivity index (χ3v) is 10.2. The number of aliphatic hydroxyl groups is 2. The molecule has 3 N–H and O–H groups in total. The van der Waals surface area contributed by atoms with Crippen molar-refractivity contribution in [3.05, 3.63) is 109 Å². The molecular weight excluding hydrogens is 743 g/mol. The van der Waals surface area contributed by atoms with Gasteiger partial charge in [-0.2, -0.15) is 0 Å². The quantitative estimate of drug-likeness (QED) is 0.0247. The zero-order chi connectivity index (χ0) is 43.8. The van der Waals surface area contributed by atoms with Crippen molar-refractivity contribution in [3.8, 4) is 0 Å². The second-order valence-corrected chi connectivity index (χ2v) is 15.8. The minimum atomic E-state index is -0.826. The Morgan fingerprint density at radius 1 is 0.533 bits per heavy atom. The summed E-state index contributed by atoms with van der Waals surface area (Å²) in [4.78, 5) is 26.0. The Kier molecular flexibility index (Phi) is 43.9. The van der Waals surface area contributed by atoms with Gasteiger partial charge in [-0.15, -0.1) is 0 Å². The fraction of sp³-hybridized carbons (Fsp3) is 0.630. The molecule has 0 aromatic heterocycles. The maximum atomic E-state index is 13.1. The number of hydrogen-bond acceptors (Lipinski definition) is 5. The molecule has 0 rings (SSSR count). The molecule has 0 aliphatic heterocycles. The van der Waals surface area contributed by atoms with E-state index in [9.17, 15) is 19.8 Å². The summed E-state index contributed by atoms with van der Waals surface area (Å²) in [5, 5.41) is 23.6. The van der Waals surface area contributed by atoms with E-state index in [0.29, 0.717) is 19.3 Å². The van der Waals surface area contributed by atoms with Crippen LogP contribution in [-0.4, -0.2) is 46.9 Å². The summed E-state index contributed by atoms with van der Waals surface area (Å²) in [7, 11) is 0. The van der Waals surface area contributed by atoms with Gasteiger partial charge in [-0.3, -0.25) is 9.59 Å². The van der Waals surface area contributed by atoms with Gasteiger partial charge in [0.05, 0.1) is 25.2 Å². The Labute approximate surface area is 368 Å². The largest absolute Gasteiger partial charge is 0.458 e. The molecular formula is C54H89NO5. The second-order valence-electron chi connectivity index (χ2n) is 15.8. The van der Waals surface area contributed by atoms with Crippen LogP contribution in [0, 0.1) is 0 Å². The lowest BCUT2D eigenvalue weighted by molar-refractivity contribution is -0.148. The van der Waals surface area contributed by atoms with Crippen LogP contribution in [0.15, 0.2) is 109 Å². The number of hydrogen-bond donors (Lipinski definition) is 3. The van der Waals surface area contributed by atoms with E-state index in [4.69, 9.17) is 4.74 Å². The highest BCUT2D eigenvalue weighted by molar-refractivity contribution is 5.78. The van der Waals surface area contributed by atoms with Gasteiger partial charge in [0.1, 0.15) is 6.10 Å². The molecule has 60 heavy (non-hydrogen) atoms. The Balaban J connectivity index is 4.83. The topological polar surface area (TPSA) is 95.9 Å². The number of unbranched alkanes of at least 4 members (excludes halogenated alkanes) is 15. The van der Waals surface area contributed by atoms with E-state index in [-0.39, 0.29) is 24.9 Å². The highest BCUT2D eigenvalue weighted by atomic mass is 16.5. The molecule has 0 heterocycles. The van der Waals surface area contributed by atoms with Crippen molar-refractivity contribution in [1.29, 1.82) is 0 Å². The van der Waals surface area contributed by atoms with Crippen LogP contribution in [0.2, 0.25) is 0 Å². The maximum Gasteiger partial charge on any atom is 0.306 e. The standard InChI is InChI=1S/C54H89NO5/c1-4-7-10-13-16-19-21-23-25-26-28-29-31-34-36-39-42-45-50(48-53(58)55-51(49-56)52(57)46-43-40-37-33-18-15-12-9-6-3)60-54(59)47-44-41-38-35-32-30-27-24-22-20-17-14-11-8-5-2/h7-8,10-11,14,16-17,19-20,22-23,25,28-29,34,36,42,45,50-52,56-57H,4-6,9,12-13,15,18,21,24,26-27,30-33,35,37-41,43-44,46-49H2,1-3H3,(H,55,58)/b10-7-,11-8+,17-14+,19-16-,22-20+,25-23-,29-28-,36-34-,45-42-. The molecule has 6 heteroatoms. The van der Waals surface area contributed by atoms with Crippen molar-refractivity contribution in [1.82, 2.24) is 5.32 Å². The lowest BCUT2D eigenvalue weighted by atomic mass is 10.0. The van der Waals surface area contributed by atoms with Gasteiger partial charge in [-0.05, 0) is 76.7 Å². The number of carbonyl (C=O) groups is 2. The molecule has 340 valence electrons. The number of esters is 1. The summed E-state index contributed by atoms with van der Waals surface area (Å²) in [6, 6.07) is -0.750. The SMILES string of the molecule is CC/C=C\C/C=C\C/C=C\C/C=C\C/C=C\C/C=C\C(CC(=O)NC(CO)C(O)CCCCCCCCCCC)OC(=O)CCCCCCCCC/C=C/C=C/C=C/CC. The van der Waals surface area contributed by atoms with Crippen molar-refractivity contribution in [2.75, 3.05) is 6.61 Å². The molecule has 1 amide bonds. The minimum absolute atomic E-state index is 0.0590. The van der Waals surface area contributed by atoms with Crippen LogP contribution in [0.5, 0.6) is 0 Å². The molecule has 0 saturated carbocycles. The van der Waals surface area contributed by atoms with Crippen LogP contribution in [-0.2, 0) is 14.3 Å². The van der Waals surface area contributed by atoms with Crippen LogP contribution < -0.4 is 5.32 Å². The van der Waals surface area contributed by atoms with Gasteiger partial charge in [0, 0.05) is 6.42 Å². The van der Waals surface area contributed by atoms with E-state index in [1.807, 2.05) is 6.08 Å². The van der Waals surface area contributed by atoms with Crippen molar-refractivity contribution in [3.63, 3.8) is 0 Å². The van der Waals surface area contributed by atoms with E-state index in [1.165, 1.54) is 64.2 Å². The van der Waals surface area contributed by atoms with Crippen molar-refractivity contribution in [2.24, 2.45) is 0 Å². The first-order valence-corrected chi connectivity index (χ1v) is 24.2. The van der Waals surface area contributed by atoms with Gasteiger partial charge in [-0.1, -0.05) is 214 Å². The number of carbonyl (C=O) groups excluding carboxylic acids is 2. The first kappa shape index (κ1) is 56.5. The summed E-state index contributed by atoms with van der Waals surface area (Å²) in [5.41, 5.74) is 0. The molecule has 0 radical (unpaired) electrons. The van der Waals surface area contributed by atoms with Crippen LogP contribution >= 0.6 is 0 Å². The molecule has 0 aliphatic carbocycles. The Morgan fingerprint density at radius 3 is 1.53 bits per heavy atom. The zero-order valence-corrected chi connectivity index (χ0v) is 38.5. The Hall–Kier alpha value is -3.48. The molecule has 0 fully saturated rings. The molecule has 0 aliphatic rings. The maximum absolute atomic E-state index is 13.1. The number of ether oxygens (including phenoxy) is 1. The third-order valence-electron chi connectivity index (χ3n) is 10.2. The fourth-order valence-electron chi connectivity index (χ4n) is 6.54. The summed E-state index contributed by atoms with van der Waals surface area (Å²) in [6.07, 6.45) is 63.2. The monoisotopic (exact) mass is 832 g/mol. The van der Waals surface area contributed by atoms with Crippen molar-refractivity contribution >= 4 is 11.9 Å². The number of amides is 1. The van der Waals surface area contributed by atoms with E-state index in [1.54, 1.807) is 6.08 Å². The lowest BCUT2D eigenvalue weighted by Gasteiger charge is -2.23. The Bertz CT molecular complexity index is 1250. The number of allylic oxidation sites excluding steroid dienone is 17. The van der Waals surface area contributed by atoms with Gasteiger partial charge in [0.2, 0.25) is 5.91 Å². The lowest BCUT2D eigenvalue weighted by Crippen LogP contribution is -2.46. The molecule has 6 nitrogen and oxygen atoms in total. The average molecular weight is 832 g/mol. The van der Waals surface area contributed by atoms with Crippen LogP contribution in [0.4, 0.5) is 0 Å². The van der Waals surface area contributed by atoms with Crippen LogP contribution in [0.25, 0.3) is 0 Å². The van der Waals surface area contributed by atoms with Gasteiger partial charge in [-0.25, -0.2) is 0 Å². The summed E-state index contributed by atoms with van der Waals surface area (Å²) >= 11 is 0. The zero-order valence-electron chi connectivity index (χ0n) is 38.5. The van der Waals surface area contributed by atoms with Gasteiger partial charge >= 0.3 is 5.97 Å². The fourth-order valence-corrected chi connectivity index (χ4v) is 6.54. The van der Waals surface area contributed by atoms with E-state index in [2.05, 4.69) is 123 Å². The molecule has 0 bridgehead atoms. The van der Waals surface area contributed by atoms with Crippen LogP contribution in [0.3, 0.4) is 0 Å². The van der Waals surface area contributed by atoms with Gasteiger partial charge < -0.3 is 20.3 Å². The second kappa shape index (κ2) is 46.6. The summed E-state index contributed by atoms with van der Waals surface area (Å²) < 4.78 is 5.80. The van der Waals surface area contributed by atoms with Crippen LogP contribution in [0.1, 0.15) is 194 Å². The minimum Gasteiger partial charge on any atom is -0.458 e. The molecule has 0 aromatic rings. The first-order valence-electron chi connectivity index (χ1n) is 24.2. The first-order chi connectivity index (χ1) is 29.5. The van der Waals surface area contributed by atoms with E-state index >= 15 is 0 Å². The number of rotatable bonds is 41. The normalized spacial score (nSPS) is 14.3. The molecule has 3 unspecified atom stereocenters. The molecule has 3 atom stereocenters. The predicted molar refractivity (Wildman–Crippen MR) is 259 cm³/mol. The van der Waals surface area contributed by atoms with Crippen molar-refractivity contribution < 1.29 is 24.5 Å². The highest BCUT2D eigenvalue weighted by Gasteiger charge is 2.23. The van der Waals surface area contributed by atoms with Crippen molar-refractivity contribution in [2.45, 2.75) is 212 Å². The molecule has 0 spiro atoms. The number of aliphatic hydroxyl groups excluding tert-OH is 2. The van der Waals surface area contributed by atoms with Gasteiger partial charge in [0.15, 0.2) is 0 Å². The Morgan fingerprint density at radius 2 is 1.00 bits per heavy atom. The highest BCUT2D eigenvalue weighted by Crippen LogP contribution is 2.15. The molecule has 0 aromatic carbocycles. The summed E-state index contributed by atoms with van der Waals surface area (Å²) in [6.45, 7) is 6.16. The third kappa shape index (κ3) is 41.3. The molecule has 0 saturated heterocycles.